The number of sulfonamides is 1. The molecule has 1 fully saturated rings. The average molecular weight is 411 g/mol. The fraction of sp³-hybridized carbons (Fsp3) is 0.235. The maximum atomic E-state index is 14.8. The van der Waals surface area contributed by atoms with Crippen LogP contribution in [0.5, 0.6) is 0 Å². The summed E-state index contributed by atoms with van der Waals surface area (Å²) in [5.41, 5.74) is 6.96. The third-order valence-corrected chi connectivity index (χ3v) is 6.94. The molecule has 3 aromatic rings. The van der Waals surface area contributed by atoms with Crippen LogP contribution >= 0.6 is 11.6 Å². The summed E-state index contributed by atoms with van der Waals surface area (Å²) in [6.45, 7) is 0.211. The van der Waals surface area contributed by atoms with Crippen LogP contribution in [0.25, 0.3) is 22.0 Å². The van der Waals surface area contributed by atoms with Crippen LogP contribution in [0.2, 0.25) is 5.02 Å². The number of aromatic amines is 1. The Morgan fingerprint density at radius 2 is 2.04 bits per heavy atom. The molecular weight excluding hydrogens is 395 g/mol. The topological polar surface area (TPSA) is 112 Å². The molecule has 4 rings (SSSR count). The van der Waals surface area contributed by atoms with E-state index in [1.165, 1.54) is 12.1 Å². The summed E-state index contributed by atoms with van der Waals surface area (Å²) < 4.78 is 41.2. The van der Waals surface area contributed by atoms with Crippen molar-refractivity contribution in [1.29, 1.82) is 0 Å². The molecule has 27 heavy (non-hydrogen) atoms. The molecule has 2 heterocycles. The second-order valence-electron chi connectivity index (χ2n) is 6.41. The lowest BCUT2D eigenvalue weighted by Crippen LogP contribution is -2.29. The maximum absolute atomic E-state index is 14.8. The van der Waals surface area contributed by atoms with Crippen LogP contribution in [0.1, 0.15) is 6.42 Å². The van der Waals surface area contributed by atoms with Crippen molar-refractivity contribution in [2.24, 2.45) is 0 Å². The molecule has 0 radical (unpaired) electrons. The van der Waals surface area contributed by atoms with Crippen LogP contribution in [0, 0.1) is 5.82 Å². The lowest BCUT2D eigenvalue weighted by molar-refractivity contribution is 0.189. The van der Waals surface area contributed by atoms with Gasteiger partial charge in [0, 0.05) is 24.2 Å². The maximum Gasteiger partial charge on any atom is 0.243 e. The van der Waals surface area contributed by atoms with Crippen LogP contribution in [-0.2, 0) is 10.0 Å². The molecule has 1 aliphatic heterocycles. The number of aromatic nitrogens is 2. The first-order valence-corrected chi connectivity index (χ1v) is 10.0. The number of fused-ring (bicyclic) bond motifs is 1. The largest absolute Gasteiger partial charge is 0.392 e. The quantitative estimate of drug-likeness (QED) is 0.613. The normalized spacial score (nSPS) is 18.4. The monoisotopic (exact) mass is 410 g/mol. The number of H-pyrrole nitrogens is 1. The molecule has 0 aliphatic carbocycles. The molecular formula is C17H16ClFN4O3S. The first-order chi connectivity index (χ1) is 12.8. The number of anilines is 1. The first-order valence-electron chi connectivity index (χ1n) is 8.19. The third-order valence-electron chi connectivity index (χ3n) is 4.69. The van der Waals surface area contributed by atoms with E-state index in [9.17, 15) is 17.9 Å². The highest BCUT2D eigenvalue weighted by atomic mass is 35.5. The number of nitrogens with two attached hydrogens (primary N) is 1. The van der Waals surface area contributed by atoms with E-state index in [1.54, 1.807) is 12.1 Å². The standard InChI is InChI=1S/C17H16ClFN4O3S/c18-16-12(3-4-14-15(16)17(20)22-21-14)11-2-1-10(7-13(11)19)27(25,26)23-6-5-9(24)8-23/h1-4,7,9,24H,5-6,8H2,(H3,20,21,22)/t9-/m1/s1. The lowest BCUT2D eigenvalue weighted by atomic mass is 10.0. The number of nitrogens with one attached hydrogen (secondary N) is 1. The van der Waals surface area contributed by atoms with E-state index in [0.29, 0.717) is 22.9 Å². The molecule has 7 nitrogen and oxygen atoms in total. The van der Waals surface area contributed by atoms with Gasteiger partial charge in [0.15, 0.2) is 5.82 Å². The van der Waals surface area contributed by atoms with Gasteiger partial charge in [0.05, 0.1) is 26.9 Å². The Bertz CT molecular complexity index is 1150. The highest BCUT2D eigenvalue weighted by molar-refractivity contribution is 7.89. The van der Waals surface area contributed by atoms with Gasteiger partial charge in [0.1, 0.15) is 5.82 Å². The van der Waals surface area contributed by atoms with Crippen LogP contribution in [0.4, 0.5) is 10.2 Å². The third kappa shape index (κ3) is 2.96. The zero-order valence-electron chi connectivity index (χ0n) is 14.0. The number of nitrogen functional groups attached to an aromatic ring is 1. The van der Waals surface area contributed by atoms with Gasteiger partial charge in [0.2, 0.25) is 10.0 Å². The SMILES string of the molecule is Nc1n[nH]c2ccc(-c3ccc(S(=O)(=O)N4CC[C@@H](O)C4)cc3F)c(Cl)c12. The molecule has 0 spiro atoms. The van der Waals surface area contributed by atoms with Crippen molar-refractivity contribution >= 4 is 38.3 Å². The first kappa shape index (κ1) is 18.2. The lowest BCUT2D eigenvalue weighted by Gasteiger charge is -2.16. The Balaban J connectivity index is 1.77. The van der Waals surface area contributed by atoms with Crippen molar-refractivity contribution < 1.29 is 17.9 Å². The summed E-state index contributed by atoms with van der Waals surface area (Å²) in [6.07, 6.45) is -0.337. The Hall–Kier alpha value is -2.20. The van der Waals surface area contributed by atoms with Crippen LogP contribution in [-0.4, -0.2) is 47.2 Å². The minimum Gasteiger partial charge on any atom is -0.392 e. The fourth-order valence-electron chi connectivity index (χ4n) is 3.26. The Kier molecular flexibility index (Phi) is 4.34. The van der Waals surface area contributed by atoms with Crippen molar-refractivity contribution in [3.63, 3.8) is 0 Å². The number of nitrogens with zero attached hydrogens (tertiary/aromatic N) is 2. The molecule has 1 atom stereocenters. The van der Waals surface area contributed by atoms with Crippen LogP contribution < -0.4 is 5.73 Å². The molecule has 1 saturated heterocycles. The fourth-order valence-corrected chi connectivity index (χ4v) is 5.12. The molecule has 0 saturated carbocycles. The minimum absolute atomic E-state index is 0.00790. The van der Waals surface area contributed by atoms with Crippen molar-refractivity contribution in [2.75, 3.05) is 18.8 Å². The van der Waals surface area contributed by atoms with Crippen molar-refractivity contribution in [2.45, 2.75) is 17.4 Å². The van der Waals surface area contributed by atoms with E-state index in [4.69, 9.17) is 17.3 Å². The number of hydrogen-bond donors (Lipinski definition) is 3. The molecule has 2 aromatic carbocycles. The number of benzene rings is 2. The van der Waals surface area contributed by atoms with Gasteiger partial charge in [-0.1, -0.05) is 23.7 Å². The average Bonchev–Trinajstić information content (AvgIpc) is 3.22. The Morgan fingerprint density at radius 1 is 1.30 bits per heavy atom. The predicted octanol–water partition coefficient (Wildman–Crippen LogP) is 2.36. The molecule has 0 unspecified atom stereocenters. The van der Waals surface area contributed by atoms with Gasteiger partial charge in [-0.15, -0.1) is 0 Å². The van der Waals surface area contributed by atoms with E-state index in [-0.39, 0.29) is 34.4 Å². The summed E-state index contributed by atoms with van der Waals surface area (Å²) in [5, 5.41) is 16.9. The number of hydrogen-bond acceptors (Lipinski definition) is 5. The second-order valence-corrected chi connectivity index (χ2v) is 8.72. The van der Waals surface area contributed by atoms with Gasteiger partial charge in [-0.3, -0.25) is 5.10 Å². The molecule has 142 valence electrons. The summed E-state index contributed by atoms with van der Waals surface area (Å²) in [7, 11) is -3.87. The van der Waals surface area contributed by atoms with Crippen molar-refractivity contribution in [3.05, 3.63) is 41.2 Å². The van der Waals surface area contributed by atoms with Crippen molar-refractivity contribution in [3.8, 4) is 11.1 Å². The molecule has 0 bridgehead atoms. The smallest absolute Gasteiger partial charge is 0.243 e. The minimum atomic E-state index is -3.87. The number of β-amino-alcohol motifs (C(OH)–C–C–N with tert-alkyl or cyclic N) is 1. The molecule has 10 heteroatoms. The predicted molar refractivity (Wildman–Crippen MR) is 100 cm³/mol. The highest BCUT2D eigenvalue weighted by Gasteiger charge is 2.32. The second kappa shape index (κ2) is 6.45. The van der Waals surface area contributed by atoms with E-state index in [0.717, 1.165) is 10.4 Å². The number of aliphatic hydroxyl groups excluding tert-OH is 1. The Labute approximate surface area is 159 Å². The van der Waals surface area contributed by atoms with Crippen LogP contribution in [0.15, 0.2) is 35.2 Å². The van der Waals surface area contributed by atoms with E-state index >= 15 is 0 Å². The van der Waals surface area contributed by atoms with E-state index in [1.807, 2.05) is 0 Å². The summed E-state index contributed by atoms with van der Waals surface area (Å²) in [5.74, 6) is -0.525. The van der Waals surface area contributed by atoms with Gasteiger partial charge in [0.25, 0.3) is 0 Å². The molecule has 0 amide bonds. The summed E-state index contributed by atoms with van der Waals surface area (Å²) in [4.78, 5) is -0.169. The van der Waals surface area contributed by atoms with Gasteiger partial charge >= 0.3 is 0 Å². The highest BCUT2D eigenvalue weighted by Crippen LogP contribution is 2.38. The molecule has 1 aliphatic rings. The number of aliphatic hydroxyl groups is 1. The number of rotatable bonds is 3. The summed E-state index contributed by atoms with van der Waals surface area (Å²) in [6, 6.07) is 6.96. The number of halogens is 2. The van der Waals surface area contributed by atoms with E-state index < -0.39 is 21.9 Å². The zero-order chi connectivity index (χ0) is 19.3. The van der Waals surface area contributed by atoms with Gasteiger partial charge in [-0.2, -0.15) is 9.40 Å². The zero-order valence-corrected chi connectivity index (χ0v) is 15.6. The molecule has 1 aromatic heterocycles. The van der Waals surface area contributed by atoms with Crippen LogP contribution in [0.3, 0.4) is 0 Å². The van der Waals surface area contributed by atoms with Gasteiger partial charge in [-0.25, -0.2) is 12.8 Å². The van der Waals surface area contributed by atoms with Crippen molar-refractivity contribution in [1.82, 2.24) is 14.5 Å². The van der Waals surface area contributed by atoms with Gasteiger partial charge < -0.3 is 10.8 Å². The van der Waals surface area contributed by atoms with Gasteiger partial charge in [-0.05, 0) is 24.6 Å². The summed E-state index contributed by atoms with van der Waals surface area (Å²) >= 11 is 6.38. The van der Waals surface area contributed by atoms with E-state index in [2.05, 4.69) is 10.2 Å². The molecule has 4 N–H and O–H groups in total. The Morgan fingerprint density at radius 3 is 2.70 bits per heavy atom.